The van der Waals surface area contributed by atoms with Gasteiger partial charge in [0.1, 0.15) is 5.82 Å². The van der Waals surface area contributed by atoms with Gasteiger partial charge in [-0.3, -0.25) is 9.59 Å². The van der Waals surface area contributed by atoms with Crippen molar-refractivity contribution in [2.24, 2.45) is 34.5 Å². The Balaban J connectivity index is 1.26. The van der Waals surface area contributed by atoms with E-state index >= 15 is 0 Å². The minimum atomic E-state index is -0.376. The number of halogens is 1. The van der Waals surface area contributed by atoms with Gasteiger partial charge in [-0.1, -0.05) is 32.1 Å². The first-order valence-corrected chi connectivity index (χ1v) is 12.9. The summed E-state index contributed by atoms with van der Waals surface area (Å²) in [5.74, 6) is 1.51. The molecule has 1 aromatic carbocycles. The van der Waals surface area contributed by atoms with Crippen molar-refractivity contribution in [3.8, 4) is 0 Å². The highest BCUT2D eigenvalue weighted by Crippen LogP contribution is 2.66. The number of benzene rings is 1. The van der Waals surface area contributed by atoms with E-state index in [9.17, 15) is 14.0 Å². The fraction of sp³-hybridized carbons (Fsp3) is 0.643. The lowest BCUT2D eigenvalue weighted by atomic mass is 9.49. The number of carbonyl (C=O) groups is 2. The molecule has 6 atom stereocenters. The summed E-state index contributed by atoms with van der Waals surface area (Å²) < 4.78 is 14.2. The topological polar surface area (TPSA) is 49.4 Å². The molecule has 4 aliphatic carbocycles. The molecule has 5 aliphatic rings. The Morgan fingerprint density at radius 1 is 1.06 bits per heavy atom. The summed E-state index contributed by atoms with van der Waals surface area (Å²) in [5, 5.41) is 2.90. The second-order valence-corrected chi connectivity index (χ2v) is 11.8. The second kappa shape index (κ2) is 7.41. The molecule has 1 heterocycles. The van der Waals surface area contributed by atoms with Crippen molar-refractivity contribution in [2.75, 3.05) is 5.32 Å². The van der Waals surface area contributed by atoms with Crippen LogP contribution in [-0.2, 0) is 9.59 Å². The summed E-state index contributed by atoms with van der Waals surface area (Å²) in [5.41, 5.74) is 1.64. The summed E-state index contributed by atoms with van der Waals surface area (Å²) in [6, 6.07) is 6.88. The smallest absolute Gasteiger partial charge is 0.228 e. The molecule has 1 aromatic rings. The molecule has 0 bridgehead atoms. The molecular weight excluding hydrogens is 415 g/mol. The van der Waals surface area contributed by atoms with Crippen LogP contribution in [0.15, 0.2) is 36.0 Å². The molecule has 33 heavy (non-hydrogen) atoms. The molecule has 5 heteroatoms. The summed E-state index contributed by atoms with van der Waals surface area (Å²) in [6.07, 6.45) is 11.4. The Kier molecular flexibility index (Phi) is 4.80. The fourth-order valence-electron chi connectivity index (χ4n) is 8.33. The molecule has 1 saturated heterocycles. The zero-order valence-corrected chi connectivity index (χ0v) is 19.8. The molecule has 4 fully saturated rings. The number of carbonyl (C=O) groups excluding carboxylic acids is 2. The van der Waals surface area contributed by atoms with Gasteiger partial charge in [0.05, 0.1) is 5.69 Å². The van der Waals surface area contributed by atoms with Crippen LogP contribution in [0.5, 0.6) is 0 Å². The largest absolute Gasteiger partial charge is 0.323 e. The maximum atomic E-state index is 14.2. The molecule has 3 saturated carbocycles. The number of nitrogens with one attached hydrogen (secondary N) is 1. The van der Waals surface area contributed by atoms with Crippen LogP contribution in [0.4, 0.5) is 10.1 Å². The first-order valence-electron chi connectivity index (χ1n) is 12.9. The highest BCUT2D eigenvalue weighted by atomic mass is 19.1. The second-order valence-electron chi connectivity index (χ2n) is 11.8. The van der Waals surface area contributed by atoms with Crippen LogP contribution in [-0.4, -0.2) is 22.8 Å². The number of amides is 2. The van der Waals surface area contributed by atoms with Gasteiger partial charge in [0.2, 0.25) is 11.8 Å². The van der Waals surface area contributed by atoms with Crippen LogP contribution in [0, 0.1) is 40.3 Å². The van der Waals surface area contributed by atoms with Crippen molar-refractivity contribution in [3.63, 3.8) is 0 Å². The van der Waals surface area contributed by atoms with Crippen molar-refractivity contribution in [2.45, 2.75) is 77.7 Å². The van der Waals surface area contributed by atoms with E-state index in [4.69, 9.17) is 0 Å². The first-order chi connectivity index (χ1) is 15.8. The van der Waals surface area contributed by atoms with Gasteiger partial charge in [-0.2, -0.15) is 0 Å². The SMILES string of the molecule is C[C@]12CCC(=O)N(C3CC3)C1=CC[C@@H]1[C@H]2CC[C@]2(C)C(C(=O)Nc3ccccc3F)CC[C@@H]12. The molecule has 1 N–H and O–H groups in total. The van der Waals surface area contributed by atoms with Crippen LogP contribution in [0.2, 0.25) is 0 Å². The Labute approximate surface area is 196 Å². The number of allylic oxidation sites excluding steroid dienone is 2. The number of rotatable bonds is 3. The zero-order valence-electron chi connectivity index (χ0n) is 19.8. The van der Waals surface area contributed by atoms with Crippen molar-refractivity contribution < 1.29 is 14.0 Å². The predicted molar refractivity (Wildman–Crippen MR) is 125 cm³/mol. The first kappa shape index (κ1) is 21.4. The Morgan fingerprint density at radius 3 is 2.61 bits per heavy atom. The van der Waals surface area contributed by atoms with Gasteiger partial charge in [-0.05, 0) is 86.7 Å². The highest BCUT2D eigenvalue weighted by Gasteiger charge is 2.61. The molecule has 2 amide bonds. The van der Waals surface area contributed by atoms with E-state index in [2.05, 4.69) is 30.1 Å². The van der Waals surface area contributed by atoms with E-state index < -0.39 is 0 Å². The van der Waals surface area contributed by atoms with Gasteiger partial charge >= 0.3 is 0 Å². The number of hydrogen-bond acceptors (Lipinski definition) is 2. The number of fused-ring (bicyclic) bond motifs is 5. The van der Waals surface area contributed by atoms with E-state index in [1.165, 1.54) is 11.8 Å². The maximum absolute atomic E-state index is 14.2. The van der Waals surface area contributed by atoms with E-state index in [0.29, 0.717) is 36.1 Å². The lowest BCUT2D eigenvalue weighted by molar-refractivity contribution is -0.139. The van der Waals surface area contributed by atoms with Gasteiger partial charge in [0, 0.05) is 29.5 Å². The standard InChI is InChI=1S/C28H35FN2O2/c1-27-15-13-20-18(9-12-24-28(20,2)16-14-25(32)31(24)17-7-8-17)19(27)10-11-21(27)26(33)30-23-6-4-3-5-22(23)29/h3-6,12,17-21H,7-11,13-16H2,1-2H3,(H,30,33)/t18-,19-,20+,21?,27-,28+/m0/s1. The summed E-state index contributed by atoms with van der Waals surface area (Å²) in [4.78, 5) is 28.3. The zero-order chi connectivity index (χ0) is 23.0. The van der Waals surface area contributed by atoms with Crippen LogP contribution >= 0.6 is 0 Å². The lowest BCUT2D eigenvalue weighted by Crippen LogP contribution is -2.55. The van der Waals surface area contributed by atoms with Gasteiger partial charge in [-0.15, -0.1) is 0 Å². The van der Waals surface area contributed by atoms with Crippen LogP contribution in [0.1, 0.15) is 71.6 Å². The minimum absolute atomic E-state index is 0.0232. The third kappa shape index (κ3) is 3.14. The van der Waals surface area contributed by atoms with E-state index in [1.807, 2.05) is 0 Å². The van der Waals surface area contributed by atoms with Crippen molar-refractivity contribution in [1.29, 1.82) is 0 Å². The molecule has 0 aromatic heterocycles. The number of hydrogen-bond donors (Lipinski definition) is 1. The number of anilines is 1. The van der Waals surface area contributed by atoms with Crippen LogP contribution in [0.3, 0.4) is 0 Å². The average molecular weight is 451 g/mol. The highest BCUT2D eigenvalue weighted by molar-refractivity contribution is 5.93. The fourth-order valence-corrected chi connectivity index (χ4v) is 8.33. The third-order valence-corrected chi connectivity index (χ3v) is 10.2. The molecule has 6 rings (SSSR count). The molecule has 1 unspecified atom stereocenters. The summed E-state index contributed by atoms with van der Waals surface area (Å²) >= 11 is 0. The molecule has 4 nitrogen and oxygen atoms in total. The minimum Gasteiger partial charge on any atom is -0.323 e. The van der Waals surface area contributed by atoms with Gasteiger partial charge < -0.3 is 10.2 Å². The van der Waals surface area contributed by atoms with Gasteiger partial charge in [0.25, 0.3) is 0 Å². The molecule has 176 valence electrons. The molecule has 1 aliphatic heterocycles. The summed E-state index contributed by atoms with van der Waals surface area (Å²) in [6.45, 7) is 4.73. The Bertz CT molecular complexity index is 1030. The van der Waals surface area contributed by atoms with Crippen molar-refractivity contribution >= 4 is 17.5 Å². The van der Waals surface area contributed by atoms with Gasteiger partial charge in [0.15, 0.2) is 0 Å². The summed E-state index contributed by atoms with van der Waals surface area (Å²) in [7, 11) is 0. The van der Waals surface area contributed by atoms with Gasteiger partial charge in [-0.25, -0.2) is 4.39 Å². The number of nitrogens with zero attached hydrogens (tertiary/aromatic N) is 1. The average Bonchev–Trinajstić information content (AvgIpc) is 3.56. The number of piperidine rings is 1. The Hall–Kier alpha value is -2.17. The quantitative estimate of drug-likeness (QED) is 0.623. The number of para-hydroxylation sites is 1. The molecule has 0 spiro atoms. The predicted octanol–water partition coefficient (Wildman–Crippen LogP) is 5.90. The van der Waals surface area contributed by atoms with Crippen molar-refractivity contribution in [1.82, 2.24) is 4.90 Å². The Morgan fingerprint density at radius 2 is 1.85 bits per heavy atom. The third-order valence-electron chi connectivity index (χ3n) is 10.2. The van der Waals surface area contributed by atoms with E-state index in [0.717, 1.165) is 51.4 Å². The molecule has 0 radical (unpaired) electrons. The van der Waals surface area contributed by atoms with Crippen LogP contribution in [0.25, 0.3) is 0 Å². The van der Waals surface area contributed by atoms with Crippen LogP contribution < -0.4 is 5.32 Å². The van der Waals surface area contributed by atoms with E-state index in [1.54, 1.807) is 18.2 Å². The number of likely N-dealkylation sites (tertiary alicyclic amines) is 1. The molecular formula is C28H35FN2O2. The normalized spacial score (nSPS) is 39.9. The monoisotopic (exact) mass is 450 g/mol. The van der Waals surface area contributed by atoms with E-state index in [-0.39, 0.29) is 34.2 Å². The lowest BCUT2D eigenvalue weighted by Gasteiger charge is -2.58. The maximum Gasteiger partial charge on any atom is 0.228 e. The van der Waals surface area contributed by atoms with Crippen molar-refractivity contribution in [3.05, 3.63) is 41.9 Å².